The molecule has 0 rings (SSSR count). The third-order valence-electron chi connectivity index (χ3n) is 16.9. The van der Waals surface area contributed by atoms with Crippen molar-refractivity contribution in [2.75, 3.05) is 13.2 Å². The Labute approximate surface area is 506 Å². The average molecular weight is 1140 g/mol. The second-order valence-electron chi connectivity index (χ2n) is 25.2. The number of carbonyl (C=O) groups is 3. The molecule has 0 amide bonds. The third-order valence-corrected chi connectivity index (χ3v) is 16.9. The fourth-order valence-corrected chi connectivity index (χ4v) is 11.4. The summed E-state index contributed by atoms with van der Waals surface area (Å²) in [6, 6.07) is 0. The van der Waals surface area contributed by atoms with Crippen LogP contribution in [0.2, 0.25) is 0 Å². The van der Waals surface area contributed by atoms with Crippen LogP contribution >= 0.6 is 0 Å². The summed E-state index contributed by atoms with van der Waals surface area (Å²) in [5.74, 6) is -0.847. The van der Waals surface area contributed by atoms with E-state index in [4.69, 9.17) is 14.2 Å². The summed E-state index contributed by atoms with van der Waals surface area (Å²) in [5.41, 5.74) is 0. The largest absolute Gasteiger partial charge is 0.462 e. The van der Waals surface area contributed by atoms with Gasteiger partial charge in [-0.25, -0.2) is 0 Å². The Hall–Kier alpha value is -2.11. The van der Waals surface area contributed by atoms with Gasteiger partial charge in [-0.2, -0.15) is 0 Å². The van der Waals surface area contributed by atoms with Crippen molar-refractivity contribution in [2.24, 2.45) is 0 Å². The molecule has 6 heteroatoms. The van der Waals surface area contributed by atoms with Crippen molar-refractivity contribution >= 4 is 17.9 Å². The molecule has 6 nitrogen and oxygen atoms in total. The molecule has 0 aliphatic heterocycles. The normalized spacial score (nSPS) is 12.1. The Bertz CT molecular complexity index is 1310. The van der Waals surface area contributed by atoms with Gasteiger partial charge in [-0.1, -0.05) is 360 Å². The summed E-state index contributed by atoms with van der Waals surface area (Å²) in [4.78, 5) is 38.4. The second-order valence-corrected chi connectivity index (χ2v) is 25.2. The zero-order valence-electron chi connectivity index (χ0n) is 55.1. The summed E-state index contributed by atoms with van der Waals surface area (Å²) in [5, 5.41) is 0. The minimum atomic E-state index is -0.772. The minimum absolute atomic E-state index is 0.0681. The van der Waals surface area contributed by atoms with Crippen LogP contribution in [0, 0.1) is 0 Å². The van der Waals surface area contributed by atoms with Gasteiger partial charge in [0.15, 0.2) is 6.10 Å². The van der Waals surface area contributed by atoms with E-state index in [0.717, 1.165) is 64.2 Å². The first-order valence-electron chi connectivity index (χ1n) is 36.8. The molecule has 0 spiro atoms. The van der Waals surface area contributed by atoms with Crippen molar-refractivity contribution in [1.82, 2.24) is 0 Å². The Morgan fingerprint density at radius 1 is 0.235 bits per heavy atom. The smallest absolute Gasteiger partial charge is 0.306 e. The van der Waals surface area contributed by atoms with E-state index in [0.29, 0.717) is 19.3 Å². The van der Waals surface area contributed by atoms with Gasteiger partial charge >= 0.3 is 17.9 Å². The molecule has 0 N–H and O–H groups in total. The first kappa shape index (κ1) is 78.9. The number of rotatable bonds is 69. The first-order chi connectivity index (χ1) is 40.0. The standard InChI is InChI=1S/C75H142O6/c1-4-7-10-13-16-19-22-24-26-28-30-32-34-36-37-39-40-42-44-46-48-50-53-56-59-62-65-68-74(77)80-71-72(70-79-73(76)67-64-61-58-55-52-21-18-15-12-9-6-3)81-75(78)69-66-63-60-57-54-51-49-47-45-43-41-38-35-33-31-29-27-25-23-20-17-14-11-8-5-2/h15,18,29,31,72H,4-14,16-17,19-28,30,32-71H2,1-3H3/b18-15-,31-29-. The molecule has 0 aliphatic carbocycles. The molecular weight excluding hydrogens is 997 g/mol. The Morgan fingerprint density at radius 3 is 0.654 bits per heavy atom. The molecule has 0 bridgehead atoms. The Kier molecular flexibility index (Phi) is 68.5. The van der Waals surface area contributed by atoms with E-state index in [1.165, 1.54) is 315 Å². The lowest BCUT2D eigenvalue weighted by Gasteiger charge is -2.18. The molecule has 0 saturated carbocycles. The molecule has 0 aromatic heterocycles. The third kappa shape index (κ3) is 68.6. The molecule has 0 aromatic rings. The second kappa shape index (κ2) is 70.4. The maximum absolute atomic E-state index is 13.0. The quantitative estimate of drug-likeness (QED) is 0.0261. The van der Waals surface area contributed by atoms with E-state index in [1.807, 2.05) is 0 Å². The van der Waals surface area contributed by atoms with Crippen LogP contribution in [0.15, 0.2) is 24.3 Å². The Balaban J connectivity index is 4.13. The van der Waals surface area contributed by atoms with Crippen molar-refractivity contribution < 1.29 is 28.6 Å². The van der Waals surface area contributed by atoms with Gasteiger partial charge in [0.1, 0.15) is 13.2 Å². The molecule has 0 heterocycles. The summed E-state index contributed by atoms with van der Waals surface area (Å²) < 4.78 is 17.0. The molecule has 0 saturated heterocycles. The predicted octanol–water partition coefficient (Wildman–Crippen LogP) is 25.3. The number of allylic oxidation sites excluding steroid dienone is 4. The molecule has 478 valence electrons. The Morgan fingerprint density at radius 2 is 0.420 bits per heavy atom. The highest BCUT2D eigenvalue weighted by molar-refractivity contribution is 5.71. The predicted molar refractivity (Wildman–Crippen MR) is 353 cm³/mol. The number of carbonyl (C=O) groups excluding carboxylic acids is 3. The number of esters is 3. The van der Waals surface area contributed by atoms with Crippen molar-refractivity contribution in [2.45, 2.75) is 425 Å². The van der Waals surface area contributed by atoms with Gasteiger partial charge in [0.2, 0.25) is 0 Å². The van der Waals surface area contributed by atoms with Crippen LogP contribution < -0.4 is 0 Å². The van der Waals surface area contributed by atoms with Crippen LogP contribution in [0.4, 0.5) is 0 Å². The van der Waals surface area contributed by atoms with Gasteiger partial charge in [0, 0.05) is 19.3 Å². The number of unbranched alkanes of at least 4 members (excludes halogenated alkanes) is 54. The summed E-state index contributed by atoms with van der Waals surface area (Å²) in [7, 11) is 0. The van der Waals surface area contributed by atoms with Gasteiger partial charge in [-0.3, -0.25) is 14.4 Å². The van der Waals surface area contributed by atoms with E-state index in [9.17, 15) is 14.4 Å². The zero-order valence-corrected chi connectivity index (χ0v) is 55.1. The van der Waals surface area contributed by atoms with Gasteiger partial charge in [-0.05, 0) is 64.2 Å². The number of ether oxygens (including phenoxy) is 3. The SMILES string of the molecule is CCCC/C=C\CCCCCCCC(=O)OCC(COC(=O)CCCCCCCCCCCCCCCCCCCCCCCCCCCCC)OC(=O)CCCCCCCCCCCCCCC/C=C\CCCCCCCCCC. The molecule has 0 aromatic carbocycles. The van der Waals surface area contributed by atoms with Crippen LogP contribution in [0.5, 0.6) is 0 Å². The topological polar surface area (TPSA) is 78.9 Å². The fourth-order valence-electron chi connectivity index (χ4n) is 11.4. The molecule has 81 heavy (non-hydrogen) atoms. The van der Waals surface area contributed by atoms with E-state index in [2.05, 4.69) is 45.1 Å². The molecule has 1 unspecified atom stereocenters. The van der Waals surface area contributed by atoms with Gasteiger partial charge in [0.05, 0.1) is 0 Å². The lowest BCUT2D eigenvalue weighted by atomic mass is 10.0. The number of hydrogen-bond donors (Lipinski definition) is 0. The highest BCUT2D eigenvalue weighted by Gasteiger charge is 2.20. The highest BCUT2D eigenvalue weighted by atomic mass is 16.6. The van der Waals surface area contributed by atoms with Crippen molar-refractivity contribution in [1.29, 1.82) is 0 Å². The average Bonchev–Trinajstić information content (AvgIpc) is 3.47. The van der Waals surface area contributed by atoms with Crippen LogP contribution in [0.1, 0.15) is 419 Å². The molecule has 0 aliphatic rings. The van der Waals surface area contributed by atoms with Crippen molar-refractivity contribution in [3.63, 3.8) is 0 Å². The lowest BCUT2D eigenvalue weighted by molar-refractivity contribution is -0.167. The van der Waals surface area contributed by atoms with Crippen molar-refractivity contribution in [3.05, 3.63) is 24.3 Å². The van der Waals surface area contributed by atoms with Crippen LogP contribution in [0.25, 0.3) is 0 Å². The monoisotopic (exact) mass is 1140 g/mol. The van der Waals surface area contributed by atoms with E-state index in [-0.39, 0.29) is 31.1 Å². The molecular formula is C75H142O6. The molecule has 0 radical (unpaired) electrons. The van der Waals surface area contributed by atoms with Crippen LogP contribution in [-0.4, -0.2) is 37.2 Å². The molecule has 0 fully saturated rings. The van der Waals surface area contributed by atoms with Crippen LogP contribution in [-0.2, 0) is 28.6 Å². The zero-order chi connectivity index (χ0) is 58.5. The van der Waals surface area contributed by atoms with E-state index < -0.39 is 6.10 Å². The van der Waals surface area contributed by atoms with Gasteiger partial charge < -0.3 is 14.2 Å². The lowest BCUT2D eigenvalue weighted by Crippen LogP contribution is -2.30. The van der Waals surface area contributed by atoms with Gasteiger partial charge in [-0.15, -0.1) is 0 Å². The summed E-state index contributed by atoms with van der Waals surface area (Å²) in [6.07, 6.45) is 86.6. The van der Waals surface area contributed by atoms with Crippen LogP contribution in [0.3, 0.4) is 0 Å². The number of hydrogen-bond acceptors (Lipinski definition) is 6. The maximum Gasteiger partial charge on any atom is 0.306 e. The van der Waals surface area contributed by atoms with E-state index >= 15 is 0 Å². The minimum Gasteiger partial charge on any atom is -0.462 e. The van der Waals surface area contributed by atoms with Crippen molar-refractivity contribution in [3.8, 4) is 0 Å². The first-order valence-corrected chi connectivity index (χ1v) is 36.8. The summed E-state index contributed by atoms with van der Waals surface area (Å²) >= 11 is 0. The molecule has 1 atom stereocenters. The maximum atomic E-state index is 13.0. The van der Waals surface area contributed by atoms with Gasteiger partial charge in [0.25, 0.3) is 0 Å². The summed E-state index contributed by atoms with van der Waals surface area (Å²) in [6.45, 7) is 6.68. The fraction of sp³-hybridized carbons (Fsp3) is 0.907. The highest BCUT2D eigenvalue weighted by Crippen LogP contribution is 2.19. The van der Waals surface area contributed by atoms with E-state index in [1.54, 1.807) is 0 Å².